The molecule has 0 saturated carbocycles. The molecule has 0 fully saturated rings. The number of benzene rings is 1. The molecule has 1 rings (SSSR count). The molecule has 0 saturated heterocycles. The highest BCUT2D eigenvalue weighted by molar-refractivity contribution is 5.29. The number of halogens is 3. The Morgan fingerprint density at radius 3 is 2.00 bits per heavy atom. The molecule has 26 heavy (non-hydrogen) atoms. The van der Waals surface area contributed by atoms with Crippen LogP contribution < -0.4 is 0 Å². The smallest absolute Gasteiger partial charge is 0.330 e. The Morgan fingerprint density at radius 1 is 0.885 bits per heavy atom. The van der Waals surface area contributed by atoms with E-state index < -0.39 is 23.6 Å². The molecule has 150 valence electrons. The Morgan fingerprint density at radius 2 is 1.46 bits per heavy atom. The zero-order chi connectivity index (χ0) is 19.6. The number of alkyl halides is 3. The van der Waals surface area contributed by atoms with Crippen molar-refractivity contribution in [2.45, 2.75) is 69.9 Å². The normalized spacial score (nSPS) is 13.8. The van der Waals surface area contributed by atoms with Gasteiger partial charge in [-0.15, -0.1) is 0 Å². The van der Waals surface area contributed by atoms with Crippen LogP contribution in [0.3, 0.4) is 0 Å². The monoisotopic (exact) mass is 376 g/mol. The summed E-state index contributed by atoms with van der Waals surface area (Å²) >= 11 is 0. The highest BCUT2D eigenvalue weighted by atomic mass is 19.4. The van der Waals surface area contributed by atoms with E-state index in [1.807, 2.05) is 0 Å². The van der Waals surface area contributed by atoms with Crippen LogP contribution in [0.25, 0.3) is 0 Å². The Hall–Kier alpha value is -1.11. The Kier molecular flexibility index (Phi) is 9.61. The van der Waals surface area contributed by atoms with Crippen LogP contribution in [0.1, 0.15) is 68.9 Å². The standard InChI is InChI=1S/C20H31F3O3/c1-5-6-7-8-9-10-14-18(20(24-2,25-3)26-4)16-12-11-13-17(15-16)19(21,22)23/h11-13,15,18H,5-10,14H2,1-4H3. The first-order valence-electron chi connectivity index (χ1n) is 9.17. The van der Waals surface area contributed by atoms with E-state index in [0.29, 0.717) is 12.0 Å². The van der Waals surface area contributed by atoms with Crippen LogP contribution in [0, 0.1) is 0 Å². The van der Waals surface area contributed by atoms with Gasteiger partial charge in [-0.1, -0.05) is 63.6 Å². The van der Waals surface area contributed by atoms with Crippen molar-refractivity contribution in [3.63, 3.8) is 0 Å². The van der Waals surface area contributed by atoms with Gasteiger partial charge in [-0.05, 0) is 18.1 Å². The lowest BCUT2D eigenvalue weighted by atomic mass is 9.89. The van der Waals surface area contributed by atoms with Crippen molar-refractivity contribution in [1.29, 1.82) is 0 Å². The molecule has 0 aliphatic heterocycles. The van der Waals surface area contributed by atoms with Crippen LogP contribution in [0.15, 0.2) is 24.3 Å². The van der Waals surface area contributed by atoms with E-state index in [2.05, 4.69) is 6.92 Å². The molecule has 0 spiro atoms. The van der Waals surface area contributed by atoms with Gasteiger partial charge in [0.05, 0.1) is 11.5 Å². The molecule has 1 aromatic rings. The van der Waals surface area contributed by atoms with Gasteiger partial charge < -0.3 is 14.2 Å². The summed E-state index contributed by atoms with van der Waals surface area (Å²) in [5.41, 5.74) is -0.181. The maximum absolute atomic E-state index is 13.1. The zero-order valence-corrected chi connectivity index (χ0v) is 16.2. The first kappa shape index (κ1) is 22.9. The van der Waals surface area contributed by atoms with Gasteiger partial charge in [0.1, 0.15) is 0 Å². The SMILES string of the molecule is CCCCCCCCC(c1cccc(C(F)(F)F)c1)C(OC)(OC)OC. The first-order chi connectivity index (χ1) is 12.3. The summed E-state index contributed by atoms with van der Waals surface area (Å²) < 4.78 is 55.7. The molecule has 1 unspecified atom stereocenters. The molecular weight excluding hydrogens is 345 g/mol. The second-order valence-electron chi connectivity index (χ2n) is 6.45. The molecule has 0 aromatic heterocycles. The van der Waals surface area contributed by atoms with Gasteiger partial charge in [0.15, 0.2) is 0 Å². The lowest BCUT2D eigenvalue weighted by molar-refractivity contribution is -0.365. The van der Waals surface area contributed by atoms with Crippen molar-refractivity contribution < 1.29 is 27.4 Å². The minimum atomic E-state index is -4.39. The summed E-state index contributed by atoms with van der Waals surface area (Å²) in [5, 5.41) is 0. The number of methoxy groups -OCH3 is 3. The van der Waals surface area contributed by atoms with Gasteiger partial charge in [0, 0.05) is 21.3 Å². The molecule has 0 radical (unpaired) electrons. The van der Waals surface area contributed by atoms with Gasteiger partial charge in [-0.3, -0.25) is 0 Å². The molecular formula is C20H31F3O3. The molecule has 0 heterocycles. The van der Waals surface area contributed by atoms with Crippen LogP contribution in [-0.4, -0.2) is 27.3 Å². The van der Waals surface area contributed by atoms with E-state index in [1.54, 1.807) is 6.07 Å². The van der Waals surface area contributed by atoms with Crippen LogP contribution >= 0.6 is 0 Å². The Balaban J connectivity index is 3.01. The highest BCUT2D eigenvalue weighted by Gasteiger charge is 2.41. The molecule has 0 amide bonds. The van der Waals surface area contributed by atoms with Crippen molar-refractivity contribution in [3.8, 4) is 0 Å². The minimum absolute atomic E-state index is 0.462. The molecule has 6 heteroatoms. The second kappa shape index (κ2) is 10.9. The van der Waals surface area contributed by atoms with Crippen molar-refractivity contribution in [1.82, 2.24) is 0 Å². The maximum Gasteiger partial charge on any atom is 0.416 e. The van der Waals surface area contributed by atoms with E-state index >= 15 is 0 Å². The van der Waals surface area contributed by atoms with Crippen molar-refractivity contribution in [2.24, 2.45) is 0 Å². The summed E-state index contributed by atoms with van der Waals surface area (Å²) in [7, 11) is 4.32. The summed E-state index contributed by atoms with van der Waals surface area (Å²) in [6.07, 6.45) is 2.77. The predicted octanol–water partition coefficient (Wildman–Crippen LogP) is 6.13. The molecule has 1 aromatic carbocycles. The zero-order valence-electron chi connectivity index (χ0n) is 16.2. The van der Waals surface area contributed by atoms with Gasteiger partial charge in [0.2, 0.25) is 0 Å². The highest BCUT2D eigenvalue weighted by Crippen LogP contribution is 2.39. The molecule has 3 nitrogen and oxygen atoms in total. The average Bonchev–Trinajstić information content (AvgIpc) is 2.64. The number of hydrogen-bond acceptors (Lipinski definition) is 3. The van der Waals surface area contributed by atoms with Gasteiger partial charge in [-0.25, -0.2) is 0 Å². The lowest BCUT2D eigenvalue weighted by Gasteiger charge is -2.37. The fraction of sp³-hybridized carbons (Fsp3) is 0.700. The third-order valence-electron chi connectivity index (χ3n) is 4.74. The summed E-state index contributed by atoms with van der Waals surface area (Å²) in [6, 6.07) is 5.31. The number of unbranched alkanes of at least 4 members (excludes halogenated alkanes) is 5. The summed E-state index contributed by atoms with van der Waals surface area (Å²) in [6.45, 7) is 2.16. The van der Waals surface area contributed by atoms with Crippen LogP contribution in [0.2, 0.25) is 0 Å². The van der Waals surface area contributed by atoms with Gasteiger partial charge in [-0.2, -0.15) is 13.2 Å². The largest absolute Gasteiger partial charge is 0.416 e. The molecule has 1 atom stereocenters. The molecule has 0 bridgehead atoms. The molecule has 0 N–H and O–H groups in total. The second-order valence-corrected chi connectivity index (χ2v) is 6.45. The van der Waals surface area contributed by atoms with Crippen molar-refractivity contribution in [2.75, 3.05) is 21.3 Å². The first-order valence-corrected chi connectivity index (χ1v) is 9.17. The maximum atomic E-state index is 13.1. The number of ether oxygens (including phenoxy) is 3. The number of hydrogen-bond donors (Lipinski definition) is 0. The molecule has 0 aliphatic carbocycles. The van der Waals surface area contributed by atoms with Crippen molar-refractivity contribution in [3.05, 3.63) is 35.4 Å². The summed E-state index contributed by atoms with van der Waals surface area (Å²) in [4.78, 5) is 0. The fourth-order valence-corrected chi connectivity index (χ4v) is 3.28. The van der Waals surface area contributed by atoms with Crippen LogP contribution in [-0.2, 0) is 20.4 Å². The Bertz CT molecular complexity index is 505. The van der Waals surface area contributed by atoms with Gasteiger partial charge in [0.25, 0.3) is 5.97 Å². The number of rotatable bonds is 12. The molecule has 0 aliphatic rings. The van der Waals surface area contributed by atoms with E-state index in [0.717, 1.165) is 31.4 Å². The predicted molar refractivity (Wildman–Crippen MR) is 95.9 cm³/mol. The quantitative estimate of drug-likeness (QED) is 0.324. The topological polar surface area (TPSA) is 27.7 Å². The lowest BCUT2D eigenvalue weighted by Crippen LogP contribution is -2.42. The summed E-state index contributed by atoms with van der Waals surface area (Å²) in [5.74, 6) is -1.87. The fourth-order valence-electron chi connectivity index (χ4n) is 3.28. The van der Waals surface area contributed by atoms with Crippen LogP contribution in [0.4, 0.5) is 13.2 Å². The Labute approximate surface area is 154 Å². The van der Waals surface area contributed by atoms with E-state index in [1.165, 1.54) is 46.7 Å². The third kappa shape index (κ3) is 6.25. The minimum Gasteiger partial charge on any atom is -0.330 e. The average molecular weight is 376 g/mol. The van der Waals surface area contributed by atoms with Crippen LogP contribution in [0.5, 0.6) is 0 Å². The van der Waals surface area contributed by atoms with E-state index in [-0.39, 0.29) is 0 Å². The van der Waals surface area contributed by atoms with E-state index in [9.17, 15) is 13.2 Å². The van der Waals surface area contributed by atoms with E-state index in [4.69, 9.17) is 14.2 Å². The van der Waals surface area contributed by atoms with Crippen molar-refractivity contribution >= 4 is 0 Å². The van der Waals surface area contributed by atoms with Gasteiger partial charge >= 0.3 is 6.18 Å². The third-order valence-corrected chi connectivity index (χ3v) is 4.74.